The van der Waals surface area contributed by atoms with Crippen LogP contribution in [0.2, 0.25) is 0 Å². The molecule has 0 bridgehead atoms. The van der Waals surface area contributed by atoms with Crippen LogP contribution in [-0.2, 0) is 9.59 Å². The SMILES string of the molecule is C[C@@H]1CCCC[C@@]12NC(=O)N(CC(=O)N1CCC[C@@H]1c1nc3ccccc3s1)C2=O. The highest BCUT2D eigenvalue weighted by molar-refractivity contribution is 7.18. The predicted octanol–water partition coefficient (Wildman–Crippen LogP) is 3.46. The summed E-state index contributed by atoms with van der Waals surface area (Å²) in [6.45, 7) is 2.46. The van der Waals surface area contributed by atoms with Crippen molar-refractivity contribution in [1.29, 1.82) is 0 Å². The molecule has 0 radical (unpaired) electrons. The molecule has 3 atom stereocenters. The standard InChI is InChI=1S/C22H26N4O3S/c1-14-7-4-5-11-22(14)20(28)26(21(29)24-22)13-18(27)25-12-6-9-16(25)19-23-15-8-2-3-10-17(15)30-19/h2-3,8,10,14,16H,4-7,9,11-13H2,1H3,(H,24,29)/t14-,16-,22-/m1/s1. The molecule has 7 nitrogen and oxygen atoms in total. The van der Waals surface area contributed by atoms with E-state index < -0.39 is 11.6 Å². The summed E-state index contributed by atoms with van der Waals surface area (Å²) in [6.07, 6.45) is 5.31. The minimum atomic E-state index is -0.826. The van der Waals surface area contributed by atoms with Crippen molar-refractivity contribution in [2.75, 3.05) is 13.1 Å². The van der Waals surface area contributed by atoms with Gasteiger partial charge in [-0.05, 0) is 43.7 Å². The van der Waals surface area contributed by atoms with Gasteiger partial charge in [0, 0.05) is 6.54 Å². The Morgan fingerprint density at radius 2 is 2.07 bits per heavy atom. The normalized spacial score (nSPS) is 29.2. The summed E-state index contributed by atoms with van der Waals surface area (Å²) in [5, 5.41) is 3.86. The van der Waals surface area contributed by atoms with E-state index in [4.69, 9.17) is 4.98 Å². The first-order valence-electron chi connectivity index (χ1n) is 10.8. The zero-order valence-electron chi connectivity index (χ0n) is 17.1. The van der Waals surface area contributed by atoms with Gasteiger partial charge in [-0.25, -0.2) is 9.78 Å². The molecule has 1 aromatic heterocycles. The maximum atomic E-state index is 13.2. The summed E-state index contributed by atoms with van der Waals surface area (Å²) in [4.78, 5) is 46.7. The molecular weight excluding hydrogens is 400 g/mol. The van der Waals surface area contributed by atoms with Crippen LogP contribution < -0.4 is 5.32 Å². The number of nitrogens with zero attached hydrogens (tertiary/aromatic N) is 3. The Balaban J connectivity index is 1.34. The number of aromatic nitrogens is 1. The summed E-state index contributed by atoms with van der Waals surface area (Å²) >= 11 is 1.61. The van der Waals surface area contributed by atoms with Crippen molar-refractivity contribution in [3.8, 4) is 0 Å². The molecule has 2 aromatic rings. The first kappa shape index (κ1) is 19.5. The number of rotatable bonds is 3. The maximum absolute atomic E-state index is 13.2. The number of benzene rings is 1. The van der Waals surface area contributed by atoms with Crippen molar-refractivity contribution >= 4 is 39.4 Å². The molecule has 3 heterocycles. The van der Waals surface area contributed by atoms with Gasteiger partial charge in [0.25, 0.3) is 5.91 Å². The van der Waals surface area contributed by atoms with Gasteiger partial charge in [-0.2, -0.15) is 0 Å². The number of hydrogen-bond donors (Lipinski definition) is 1. The van der Waals surface area contributed by atoms with Gasteiger partial charge >= 0.3 is 6.03 Å². The summed E-state index contributed by atoms with van der Waals surface area (Å²) in [5.41, 5.74) is 0.117. The number of carbonyl (C=O) groups excluding carboxylic acids is 3. The number of para-hydroxylation sites is 1. The van der Waals surface area contributed by atoms with E-state index in [1.54, 1.807) is 16.2 Å². The third-order valence-corrected chi connectivity index (χ3v) is 8.10. The topological polar surface area (TPSA) is 82.6 Å². The van der Waals surface area contributed by atoms with Crippen LogP contribution in [0.15, 0.2) is 24.3 Å². The van der Waals surface area contributed by atoms with E-state index in [1.807, 2.05) is 31.2 Å². The average molecular weight is 427 g/mol. The van der Waals surface area contributed by atoms with Crippen molar-refractivity contribution in [2.45, 2.75) is 57.0 Å². The van der Waals surface area contributed by atoms with E-state index in [0.717, 1.165) is 52.2 Å². The smallest absolute Gasteiger partial charge is 0.325 e. The van der Waals surface area contributed by atoms with Crippen LogP contribution >= 0.6 is 11.3 Å². The lowest BCUT2D eigenvalue weighted by Crippen LogP contribution is -2.54. The average Bonchev–Trinajstić information content (AvgIpc) is 3.43. The highest BCUT2D eigenvalue weighted by atomic mass is 32.1. The number of thiazole rings is 1. The minimum Gasteiger partial charge on any atom is -0.332 e. The van der Waals surface area contributed by atoms with E-state index in [-0.39, 0.29) is 30.3 Å². The van der Waals surface area contributed by atoms with E-state index in [1.165, 1.54) is 0 Å². The molecule has 0 unspecified atom stereocenters. The number of nitrogens with one attached hydrogen (secondary N) is 1. The molecule has 1 aromatic carbocycles. The van der Waals surface area contributed by atoms with Gasteiger partial charge < -0.3 is 10.2 Å². The van der Waals surface area contributed by atoms with Crippen LogP contribution in [0.3, 0.4) is 0 Å². The molecule has 4 amide bonds. The fraction of sp³-hybridized carbons (Fsp3) is 0.545. The number of likely N-dealkylation sites (tertiary alicyclic amines) is 1. The largest absolute Gasteiger partial charge is 0.332 e. The number of imide groups is 1. The molecule has 8 heteroatoms. The first-order valence-corrected chi connectivity index (χ1v) is 11.6. The van der Waals surface area contributed by atoms with Gasteiger partial charge in [0.15, 0.2) is 0 Å². The molecule has 1 N–H and O–H groups in total. The molecular formula is C22H26N4O3S. The lowest BCUT2D eigenvalue weighted by atomic mass is 9.73. The Morgan fingerprint density at radius 1 is 1.23 bits per heavy atom. The van der Waals surface area contributed by atoms with E-state index in [0.29, 0.717) is 13.0 Å². The Bertz CT molecular complexity index is 988. The lowest BCUT2D eigenvalue weighted by molar-refractivity contribution is -0.141. The molecule has 3 fully saturated rings. The molecule has 5 rings (SSSR count). The van der Waals surface area contributed by atoms with Crippen LogP contribution in [0, 0.1) is 5.92 Å². The molecule has 2 saturated heterocycles. The minimum absolute atomic E-state index is 0.0850. The van der Waals surface area contributed by atoms with E-state index >= 15 is 0 Å². The zero-order chi connectivity index (χ0) is 20.9. The quantitative estimate of drug-likeness (QED) is 0.762. The highest BCUT2D eigenvalue weighted by Crippen LogP contribution is 2.39. The van der Waals surface area contributed by atoms with Crippen molar-refractivity contribution < 1.29 is 14.4 Å². The van der Waals surface area contributed by atoms with Gasteiger partial charge in [0.2, 0.25) is 5.91 Å². The first-order chi connectivity index (χ1) is 14.5. The molecule has 158 valence electrons. The summed E-state index contributed by atoms with van der Waals surface area (Å²) < 4.78 is 1.11. The Morgan fingerprint density at radius 3 is 2.87 bits per heavy atom. The molecule has 1 aliphatic carbocycles. The van der Waals surface area contributed by atoms with Gasteiger partial charge in [0.05, 0.1) is 16.3 Å². The summed E-state index contributed by atoms with van der Waals surface area (Å²) in [5.74, 6) is -0.324. The molecule has 2 aliphatic heterocycles. The predicted molar refractivity (Wildman–Crippen MR) is 114 cm³/mol. The van der Waals surface area contributed by atoms with Crippen molar-refractivity contribution in [2.24, 2.45) is 5.92 Å². The third-order valence-electron chi connectivity index (χ3n) is 6.96. The van der Waals surface area contributed by atoms with Gasteiger partial charge in [0.1, 0.15) is 17.1 Å². The monoisotopic (exact) mass is 426 g/mol. The lowest BCUT2D eigenvalue weighted by Gasteiger charge is -2.36. The molecule has 30 heavy (non-hydrogen) atoms. The fourth-order valence-electron chi connectivity index (χ4n) is 5.22. The second-order valence-electron chi connectivity index (χ2n) is 8.70. The number of amides is 4. The van der Waals surface area contributed by atoms with Gasteiger partial charge in [-0.15, -0.1) is 11.3 Å². The Kier molecular flexibility index (Phi) is 4.76. The van der Waals surface area contributed by atoms with Crippen LogP contribution in [0.25, 0.3) is 10.2 Å². The van der Waals surface area contributed by atoms with Crippen molar-refractivity contribution in [1.82, 2.24) is 20.1 Å². The van der Waals surface area contributed by atoms with Crippen LogP contribution in [-0.4, -0.2) is 51.3 Å². The molecule has 1 saturated carbocycles. The van der Waals surface area contributed by atoms with Gasteiger partial charge in [-0.1, -0.05) is 31.9 Å². The zero-order valence-corrected chi connectivity index (χ0v) is 17.9. The maximum Gasteiger partial charge on any atom is 0.325 e. The Hall–Kier alpha value is -2.48. The Labute approximate surface area is 179 Å². The highest BCUT2D eigenvalue weighted by Gasteiger charge is 2.55. The number of fused-ring (bicyclic) bond motifs is 1. The third kappa shape index (κ3) is 3.00. The van der Waals surface area contributed by atoms with Crippen molar-refractivity contribution in [3.05, 3.63) is 29.3 Å². The van der Waals surface area contributed by atoms with Crippen LogP contribution in [0.1, 0.15) is 56.5 Å². The van der Waals surface area contributed by atoms with Crippen LogP contribution in [0.4, 0.5) is 4.79 Å². The molecule has 3 aliphatic rings. The van der Waals surface area contributed by atoms with E-state index in [9.17, 15) is 14.4 Å². The van der Waals surface area contributed by atoms with Gasteiger partial charge in [-0.3, -0.25) is 14.5 Å². The van der Waals surface area contributed by atoms with E-state index in [2.05, 4.69) is 5.32 Å². The summed E-state index contributed by atoms with van der Waals surface area (Å²) in [7, 11) is 0. The number of urea groups is 1. The molecule has 1 spiro atoms. The van der Waals surface area contributed by atoms with Crippen molar-refractivity contribution in [3.63, 3.8) is 0 Å². The number of hydrogen-bond acceptors (Lipinski definition) is 5. The second-order valence-corrected chi connectivity index (χ2v) is 9.77. The number of carbonyl (C=O) groups is 3. The fourth-order valence-corrected chi connectivity index (χ4v) is 6.33. The van der Waals surface area contributed by atoms with Crippen LogP contribution in [0.5, 0.6) is 0 Å². The summed E-state index contributed by atoms with van der Waals surface area (Å²) in [6, 6.07) is 7.45. The second kappa shape index (κ2) is 7.34.